The van der Waals surface area contributed by atoms with E-state index < -0.39 is 0 Å². The first-order valence-electron chi connectivity index (χ1n) is 5.15. The average Bonchev–Trinajstić information content (AvgIpc) is 2.66. The Morgan fingerprint density at radius 2 is 2.21 bits per heavy atom. The molecule has 1 N–H and O–H groups in total. The SMILES string of the molecule is CC(CO)c1ccc2c(c1F)CCC2. The first kappa shape index (κ1) is 9.66. The van der Waals surface area contributed by atoms with E-state index in [1.54, 1.807) is 0 Å². The smallest absolute Gasteiger partial charge is 0.130 e. The fraction of sp³-hybridized carbons (Fsp3) is 0.500. The molecule has 0 fully saturated rings. The van der Waals surface area contributed by atoms with Crippen molar-refractivity contribution in [1.82, 2.24) is 0 Å². The van der Waals surface area contributed by atoms with Gasteiger partial charge in [-0.1, -0.05) is 19.1 Å². The summed E-state index contributed by atoms with van der Waals surface area (Å²) in [5.41, 5.74) is 2.69. The van der Waals surface area contributed by atoms with E-state index in [0.29, 0.717) is 5.56 Å². The summed E-state index contributed by atoms with van der Waals surface area (Å²) in [5, 5.41) is 8.99. The molecule has 0 heterocycles. The third-order valence-electron chi connectivity index (χ3n) is 3.05. The van der Waals surface area contributed by atoms with Gasteiger partial charge in [-0.05, 0) is 36.0 Å². The van der Waals surface area contributed by atoms with Gasteiger partial charge in [0.05, 0.1) is 0 Å². The van der Waals surface area contributed by atoms with Gasteiger partial charge in [0.25, 0.3) is 0 Å². The van der Waals surface area contributed by atoms with Crippen LogP contribution in [0.25, 0.3) is 0 Å². The zero-order chi connectivity index (χ0) is 10.1. The molecule has 0 spiro atoms. The summed E-state index contributed by atoms with van der Waals surface area (Å²) in [7, 11) is 0. The summed E-state index contributed by atoms with van der Waals surface area (Å²) >= 11 is 0. The molecule has 1 atom stereocenters. The van der Waals surface area contributed by atoms with E-state index in [4.69, 9.17) is 5.11 Å². The van der Waals surface area contributed by atoms with Gasteiger partial charge >= 0.3 is 0 Å². The Bertz CT molecular complexity index is 346. The maximum absolute atomic E-state index is 13.9. The van der Waals surface area contributed by atoms with Crippen molar-refractivity contribution in [2.75, 3.05) is 6.61 Å². The highest BCUT2D eigenvalue weighted by Crippen LogP contribution is 2.29. The van der Waals surface area contributed by atoms with Gasteiger partial charge in [0.15, 0.2) is 0 Å². The van der Waals surface area contributed by atoms with Crippen LogP contribution < -0.4 is 0 Å². The molecule has 1 aliphatic rings. The molecule has 1 aromatic rings. The number of aryl methyl sites for hydroxylation is 1. The number of fused-ring (bicyclic) bond motifs is 1. The number of aliphatic hydroxyl groups is 1. The summed E-state index contributed by atoms with van der Waals surface area (Å²) in [4.78, 5) is 0. The number of benzene rings is 1. The summed E-state index contributed by atoms with van der Waals surface area (Å²) < 4.78 is 13.9. The van der Waals surface area contributed by atoms with Crippen LogP contribution >= 0.6 is 0 Å². The molecule has 0 amide bonds. The first-order valence-corrected chi connectivity index (χ1v) is 5.15. The van der Waals surface area contributed by atoms with Gasteiger partial charge in [-0.15, -0.1) is 0 Å². The van der Waals surface area contributed by atoms with Crippen LogP contribution in [-0.2, 0) is 12.8 Å². The highest BCUT2D eigenvalue weighted by atomic mass is 19.1. The first-order chi connectivity index (χ1) is 6.74. The molecular formula is C12H15FO. The highest BCUT2D eigenvalue weighted by molar-refractivity contribution is 5.38. The Morgan fingerprint density at radius 3 is 2.93 bits per heavy atom. The van der Waals surface area contributed by atoms with Gasteiger partial charge in [0.2, 0.25) is 0 Å². The third kappa shape index (κ3) is 1.44. The Labute approximate surface area is 83.6 Å². The summed E-state index contributed by atoms with van der Waals surface area (Å²) in [6, 6.07) is 3.83. The monoisotopic (exact) mass is 194 g/mol. The Hall–Kier alpha value is -0.890. The molecule has 0 radical (unpaired) electrons. The number of halogens is 1. The molecule has 2 heteroatoms. The molecule has 1 aromatic carbocycles. The van der Waals surface area contributed by atoms with Gasteiger partial charge < -0.3 is 5.11 Å². The second-order valence-corrected chi connectivity index (χ2v) is 4.04. The van der Waals surface area contributed by atoms with Crippen molar-refractivity contribution in [3.05, 3.63) is 34.6 Å². The number of hydrogen-bond donors (Lipinski definition) is 1. The Balaban J connectivity index is 2.44. The van der Waals surface area contributed by atoms with Crippen LogP contribution in [0.1, 0.15) is 36.0 Å². The number of hydrogen-bond acceptors (Lipinski definition) is 1. The minimum atomic E-state index is -0.0964. The maximum Gasteiger partial charge on any atom is 0.130 e. The topological polar surface area (TPSA) is 20.2 Å². The lowest BCUT2D eigenvalue weighted by atomic mass is 9.97. The van der Waals surface area contributed by atoms with E-state index in [-0.39, 0.29) is 18.3 Å². The standard InChI is InChI=1S/C12H15FO/c1-8(7-14)10-6-5-9-3-2-4-11(9)12(10)13/h5-6,8,14H,2-4,7H2,1H3. The van der Waals surface area contributed by atoms with E-state index >= 15 is 0 Å². The van der Waals surface area contributed by atoms with Crippen molar-refractivity contribution in [2.24, 2.45) is 0 Å². The quantitative estimate of drug-likeness (QED) is 0.766. The lowest BCUT2D eigenvalue weighted by molar-refractivity contribution is 0.270. The van der Waals surface area contributed by atoms with Crippen molar-refractivity contribution in [3.63, 3.8) is 0 Å². The van der Waals surface area contributed by atoms with Crippen LogP contribution in [0.2, 0.25) is 0 Å². The fourth-order valence-electron chi connectivity index (χ4n) is 2.12. The van der Waals surface area contributed by atoms with Crippen LogP contribution in [0.5, 0.6) is 0 Å². The normalized spacial score (nSPS) is 16.8. The maximum atomic E-state index is 13.9. The van der Waals surface area contributed by atoms with E-state index in [0.717, 1.165) is 30.4 Å². The van der Waals surface area contributed by atoms with E-state index in [2.05, 4.69) is 0 Å². The molecule has 0 aromatic heterocycles. The Morgan fingerprint density at radius 1 is 1.43 bits per heavy atom. The molecular weight excluding hydrogens is 179 g/mol. The zero-order valence-electron chi connectivity index (χ0n) is 8.39. The summed E-state index contributed by atoms with van der Waals surface area (Å²) in [6.07, 6.45) is 2.91. The lowest BCUT2D eigenvalue weighted by Gasteiger charge is -2.12. The number of rotatable bonds is 2. The van der Waals surface area contributed by atoms with Crippen molar-refractivity contribution >= 4 is 0 Å². The van der Waals surface area contributed by atoms with Gasteiger partial charge in [0.1, 0.15) is 5.82 Å². The molecule has 14 heavy (non-hydrogen) atoms. The van der Waals surface area contributed by atoms with E-state index in [9.17, 15) is 4.39 Å². The predicted molar refractivity (Wildman–Crippen MR) is 53.9 cm³/mol. The van der Waals surface area contributed by atoms with Crippen molar-refractivity contribution in [2.45, 2.75) is 32.1 Å². The summed E-state index contributed by atoms with van der Waals surface area (Å²) in [5.74, 6) is -0.178. The van der Waals surface area contributed by atoms with E-state index in [1.807, 2.05) is 19.1 Å². The molecule has 76 valence electrons. The highest BCUT2D eigenvalue weighted by Gasteiger charge is 2.19. The van der Waals surface area contributed by atoms with Gasteiger partial charge in [-0.2, -0.15) is 0 Å². The minimum absolute atomic E-state index is 0.00963. The molecule has 2 rings (SSSR count). The molecule has 0 bridgehead atoms. The van der Waals surface area contributed by atoms with E-state index in [1.165, 1.54) is 0 Å². The molecule has 1 nitrogen and oxygen atoms in total. The molecule has 0 aliphatic heterocycles. The van der Waals surface area contributed by atoms with Crippen LogP contribution in [0.3, 0.4) is 0 Å². The minimum Gasteiger partial charge on any atom is -0.396 e. The van der Waals surface area contributed by atoms with Crippen molar-refractivity contribution < 1.29 is 9.50 Å². The average molecular weight is 194 g/mol. The van der Waals surface area contributed by atoms with Crippen LogP contribution in [0.15, 0.2) is 12.1 Å². The fourth-order valence-corrected chi connectivity index (χ4v) is 2.12. The second-order valence-electron chi connectivity index (χ2n) is 4.04. The van der Waals surface area contributed by atoms with Gasteiger partial charge in [-0.25, -0.2) is 4.39 Å². The Kier molecular flexibility index (Phi) is 2.55. The van der Waals surface area contributed by atoms with Crippen LogP contribution in [-0.4, -0.2) is 11.7 Å². The molecule has 0 saturated heterocycles. The lowest BCUT2D eigenvalue weighted by Crippen LogP contribution is -2.04. The van der Waals surface area contributed by atoms with Gasteiger partial charge in [-0.3, -0.25) is 0 Å². The largest absolute Gasteiger partial charge is 0.396 e. The summed E-state index contributed by atoms with van der Waals surface area (Å²) in [6.45, 7) is 1.86. The number of aliphatic hydroxyl groups excluding tert-OH is 1. The molecule has 1 aliphatic carbocycles. The molecule has 0 saturated carbocycles. The molecule has 1 unspecified atom stereocenters. The zero-order valence-corrected chi connectivity index (χ0v) is 8.39. The van der Waals surface area contributed by atoms with Crippen LogP contribution in [0, 0.1) is 5.82 Å². The second kappa shape index (κ2) is 3.70. The van der Waals surface area contributed by atoms with Gasteiger partial charge in [0, 0.05) is 12.5 Å². The third-order valence-corrected chi connectivity index (χ3v) is 3.05. The predicted octanol–water partition coefficient (Wildman–Crippen LogP) is 2.41. The van der Waals surface area contributed by atoms with Crippen molar-refractivity contribution in [1.29, 1.82) is 0 Å². The van der Waals surface area contributed by atoms with Crippen molar-refractivity contribution in [3.8, 4) is 0 Å². The van der Waals surface area contributed by atoms with Crippen LogP contribution in [0.4, 0.5) is 4.39 Å².